The molecule has 0 bridgehead atoms. The predicted octanol–water partition coefficient (Wildman–Crippen LogP) is 0.517. The van der Waals surface area contributed by atoms with E-state index in [1.165, 1.54) is 12.1 Å². The van der Waals surface area contributed by atoms with Gasteiger partial charge in [-0.15, -0.1) is 0 Å². The summed E-state index contributed by atoms with van der Waals surface area (Å²) in [6.45, 7) is 0. The van der Waals surface area contributed by atoms with Crippen LogP contribution < -0.4 is 0 Å². The minimum absolute atomic E-state index is 0. The van der Waals surface area contributed by atoms with Crippen molar-refractivity contribution in [3.05, 3.63) is 17.2 Å². The summed E-state index contributed by atoms with van der Waals surface area (Å²) in [5.41, 5.74) is -1.00. The predicted molar refractivity (Wildman–Crippen MR) is 44.2 cm³/mol. The Kier molecular flexibility index (Phi) is 5.32. The minimum Gasteiger partial charge on any atom is -0.326 e. The monoisotopic (exact) mass is 253 g/mol. The van der Waals surface area contributed by atoms with Gasteiger partial charge in [-0.05, 0) is 0 Å². The first-order chi connectivity index (χ1) is 6.90. The summed E-state index contributed by atoms with van der Waals surface area (Å²) in [6.07, 6.45) is -5.09. The largest absolute Gasteiger partial charge is 0.458 e. The van der Waals surface area contributed by atoms with Crippen molar-refractivity contribution in [2.24, 2.45) is 0 Å². The molecule has 1 heterocycles. The standard InChI is InChI=1S/C7HF3N4O.K/c8-7(9,10)5(15)6-13-3(1-11)4(2-12)14-6;/h(H,13,14);. The number of carbonyl (C=O) groups is 1. The van der Waals surface area contributed by atoms with Crippen LogP contribution in [0.1, 0.15) is 22.0 Å². The van der Waals surface area contributed by atoms with E-state index in [9.17, 15) is 18.0 Å². The van der Waals surface area contributed by atoms with Gasteiger partial charge in [0.15, 0.2) is 17.2 Å². The van der Waals surface area contributed by atoms with E-state index in [-0.39, 0.29) is 51.4 Å². The number of aromatic nitrogens is 2. The van der Waals surface area contributed by atoms with Crippen LogP contribution in [0.5, 0.6) is 0 Å². The number of imidazole rings is 1. The molecule has 0 unspecified atom stereocenters. The van der Waals surface area contributed by atoms with Gasteiger partial charge in [-0.2, -0.15) is 23.7 Å². The first-order valence-corrected chi connectivity index (χ1v) is 3.42. The molecule has 0 aliphatic carbocycles. The van der Waals surface area contributed by atoms with Gasteiger partial charge in [-0.25, -0.2) is 4.98 Å². The molecule has 16 heavy (non-hydrogen) atoms. The van der Waals surface area contributed by atoms with Crippen LogP contribution in [-0.2, 0) is 0 Å². The molecule has 0 fully saturated rings. The zero-order valence-corrected chi connectivity index (χ0v) is 11.0. The van der Waals surface area contributed by atoms with Gasteiger partial charge < -0.3 is 4.98 Å². The van der Waals surface area contributed by atoms with Crippen molar-refractivity contribution in [1.29, 1.82) is 10.5 Å². The first-order valence-electron chi connectivity index (χ1n) is 3.42. The van der Waals surface area contributed by atoms with Crippen LogP contribution in [0.3, 0.4) is 0 Å². The van der Waals surface area contributed by atoms with Crippen molar-refractivity contribution in [1.82, 2.24) is 9.97 Å². The van der Waals surface area contributed by atoms with Gasteiger partial charge in [0.2, 0.25) is 0 Å². The second kappa shape index (κ2) is 5.57. The molecule has 0 aliphatic rings. The van der Waals surface area contributed by atoms with Crippen LogP contribution in [0.15, 0.2) is 0 Å². The van der Waals surface area contributed by atoms with E-state index in [0.717, 1.165) is 0 Å². The summed E-state index contributed by atoms with van der Waals surface area (Å²) in [4.78, 5) is 15.5. The number of H-pyrrole nitrogens is 1. The summed E-state index contributed by atoms with van der Waals surface area (Å²) in [6, 6.07) is 2.80. The molecule has 1 rings (SSSR count). The summed E-state index contributed by atoms with van der Waals surface area (Å²) in [7, 11) is 0. The van der Waals surface area contributed by atoms with E-state index in [1.807, 2.05) is 4.98 Å². The van der Waals surface area contributed by atoms with Crippen molar-refractivity contribution < 1.29 is 18.0 Å². The summed E-state index contributed by atoms with van der Waals surface area (Å²) in [5, 5.41) is 16.8. The van der Waals surface area contributed by atoms with Gasteiger partial charge in [-0.3, -0.25) is 4.79 Å². The number of rotatable bonds is 1. The van der Waals surface area contributed by atoms with Crippen LogP contribution in [0, 0.1) is 22.7 Å². The van der Waals surface area contributed by atoms with Crippen molar-refractivity contribution in [3.8, 4) is 12.1 Å². The molecule has 0 aliphatic heterocycles. The molecule has 0 amide bonds. The number of halogens is 3. The fourth-order valence-corrected chi connectivity index (χ4v) is 0.777. The number of nitriles is 2. The molecule has 0 aromatic carbocycles. The maximum absolute atomic E-state index is 11.9. The van der Waals surface area contributed by atoms with Crippen molar-refractivity contribution in [2.45, 2.75) is 6.18 Å². The molecule has 1 aromatic heterocycles. The summed E-state index contributed by atoms with van der Waals surface area (Å²) >= 11 is 0. The topological polar surface area (TPSA) is 93.3 Å². The van der Waals surface area contributed by atoms with Crippen LogP contribution in [-0.4, -0.2) is 73.3 Å². The Bertz CT molecular complexity index is 462. The Morgan fingerprint density at radius 1 is 1.31 bits per heavy atom. The van der Waals surface area contributed by atoms with E-state index >= 15 is 0 Å². The number of ketones is 1. The average Bonchev–Trinajstić information content (AvgIpc) is 2.57. The second-order valence-electron chi connectivity index (χ2n) is 2.36. The Balaban J connectivity index is 0.00000225. The summed E-state index contributed by atoms with van der Waals surface area (Å²) in [5.74, 6) is -3.28. The Hall–Kier alpha value is -0.714. The SMILES string of the molecule is N#Cc1nc(C(=O)C(F)(F)F)[nH]c1C#N.[K]. The first kappa shape index (κ1) is 15.3. The van der Waals surface area contributed by atoms with Gasteiger partial charge in [0, 0.05) is 51.4 Å². The van der Waals surface area contributed by atoms with Gasteiger partial charge in [-0.1, -0.05) is 0 Å². The van der Waals surface area contributed by atoms with Gasteiger partial charge in [0.25, 0.3) is 0 Å². The smallest absolute Gasteiger partial charge is 0.326 e. The number of carbonyl (C=O) groups excluding carboxylic acids is 1. The number of nitrogens with zero attached hydrogens (tertiary/aromatic N) is 3. The third-order valence-corrected chi connectivity index (χ3v) is 1.39. The number of Topliss-reactive ketones (excluding diaryl/α,β-unsaturated/α-hetero) is 1. The number of aromatic amines is 1. The van der Waals surface area contributed by atoms with Gasteiger partial charge in [0.05, 0.1) is 0 Å². The molecule has 1 radical (unpaired) electrons. The zero-order valence-electron chi connectivity index (χ0n) is 7.88. The van der Waals surface area contributed by atoms with E-state index in [1.54, 1.807) is 0 Å². The van der Waals surface area contributed by atoms with Crippen LogP contribution >= 0.6 is 0 Å². The maximum Gasteiger partial charge on any atom is 0.458 e. The molecular formula is C7HF3KN4O. The van der Waals surface area contributed by atoms with E-state index in [4.69, 9.17) is 10.5 Å². The molecule has 1 N–H and O–H groups in total. The number of hydrogen-bond acceptors (Lipinski definition) is 4. The zero-order chi connectivity index (χ0) is 11.6. The Morgan fingerprint density at radius 3 is 2.19 bits per heavy atom. The molecule has 5 nitrogen and oxygen atoms in total. The molecule has 77 valence electrons. The van der Waals surface area contributed by atoms with Crippen LogP contribution in [0.25, 0.3) is 0 Å². The molecule has 0 saturated carbocycles. The Morgan fingerprint density at radius 2 is 1.88 bits per heavy atom. The van der Waals surface area contributed by atoms with Crippen molar-refractivity contribution in [2.75, 3.05) is 0 Å². The summed E-state index contributed by atoms with van der Waals surface area (Å²) < 4.78 is 35.7. The molecular weight excluding hydrogens is 252 g/mol. The van der Waals surface area contributed by atoms with E-state index in [0.29, 0.717) is 0 Å². The van der Waals surface area contributed by atoms with Crippen molar-refractivity contribution >= 4 is 57.2 Å². The Labute approximate surface area is 130 Å². The maximum atomic E-state index is 11.9. The van der Waals surface area contributed by atoms with E-state index < -0.39 is 29.2 Å². The van der Waals surface area contributed by atoms with Crippen molar-refractivity contribution in [3.63, 3.8) is 0 Å². The van der Waals surface area contributed by atoms with Crippen LogP contribution in [0.2, 0.25) is 0 Å². The number of alkyl halides is 3. The molecule has 0 spiro atoms. The number of nitrogens with one attached hydrogen (secondary N) is 1. The quantitative estimate of drug-likeness (QED) is 0.583. The minimum atomic E-state index is -5.09. The molecule has 9 heteroatoms. The van der Waals surface area contributed by atoms with Gasteiger partial charge >= 0.3 is 12.0 Å². The van der Waals surface area contributed by atoms with Gasteiger partial charge in [0.1, 0.15) is 12.1 Å². The molecule has 0 saturated heterocycles. The fourth-order valence-electron chi connectivity index (χ4n) is 0.777. The average molecular weight is 253 g/mol. The third-order valence-electron chi connectivity index (χ3n) is 1.39. The molecule has 0 atom stereocenters. The van der Waals surface area contributed by atoms with Crippen LogP contribution in [0.4, 0.5) is 13.2 Å². The van der Waals surface area contributed by atoms with E-state index in [2.05, 4.69) is 4.98 Å². The normalized spacial score (nSPS) is 9.81. The fraction of sp³-hybridized carbons (Fsp3) is 0.143. The second-order valence-corrected chi connectivity index (χ2v) is 2.36. The third kappa shape index (κ3) is 3.14. The molecule has 1 aromatic rings. The number of hydrogen-bond donors (Lipinski definition) is 1.